The predicted molar refractivity (Wildman–Crippen MR) is 67.9 cm³/mol. The molecule has 1 rings (SSSR count). The van der Waals surface area contributed by atoms with E-state index in [9.17, 15) is 4.79 Å². The molecular formula is C13H18N2O. The van der Waals surface area contributed by atoms with Gasteiger partial charge in [-0.05, 0) is 31.2 Å². The molecule has 0 fully saturated rings. The van der Waals surface area contributed by atoms with Crippen LogP contribution in [-0.4, -0.2) is 26.0 Å². The highest BCUT2D eigenvalue weighted by Crippen LogP contribution is 2.13. The summed E-state index contributed by atoms with van der Waals surface area (Å²) in [5, 5.41) is 2.74. The summed E-state index contributed by atoms with van der Waals surface area (Å²) in [5.74, 6) is -0.0643. The molecule has 0 aliphatic heterocycles. The van der Waals surface area contributed by atoms with Crippen LogP contribution in [0.2, 0.25) is 0 Å². The first-order valence-corrected chi connectivity index (χ1v) is 5.39. The zero-order valence-corrected chi connectivity index (χ0v) is 9.86. The second-order valence-corrected chi connectivity index (χ2v) is 3.56. The molecule has 0 bridgehead atoms. The van der Waals surface area contributed by atoms with Crippen LogP contribution in [0.1, 0.15) is 17.3 Å². The van der Waals surface area contributed by atoms with Crippen LogP contribution in [0.25, 0.3) is 0 Å². The first-order chi connectivity index (χ1) is 7.69. The molecular weight excluding hydrogens is 200 g/mol. The average molecular weight is 218 g/mol. The number of anilines is 1. The second kappa shape index (κ2) is 5.95. The molecule has 1 amide bonds. The van der Waals surface area contributed by atoms with Gasteiger partial charge in [0.05, 0.1) is 0 Å². The first kappa shape index (κ1) is 12.3. The molecule has 0 aromatic heterocycles. The molecule has 0 radical (unpaired) electrons. The molecule has 0 saturated carbocycles. The molecule has 0 saturated heterocycles. The van der Waals surface area contributed by atoms with Crippen molar-refractivity contribution in [2.24, 2.45) is 0 Å². The van der Waals surface area contributed by atoms with Crippen molar-refractivity contribution in [2.75, 3.05) is 25.0 Å². The molecule has 1 aromatic rings. The summed E-state index contributed by atoms with van der Waals surface area (Å²) in [5.41, 5.74) is 1.79. The average Bonchev–Trinajstić information content (AvgIpc) is 2.35. The van der Waals surface area contributed by atoms with Crippen molar-refractivity contribution < 1.29 is 4.79 Å². The van der Waals surface area contributed by atoms with E-state index in [0.717, 1.165) is 12.2 Å². The van der Waals surface area contributed by atoms with E-state index in [-0.39, 0.29) is 5.91 Å². The number of rotatable bonds is 5. The van der Waals surface area contributed by atoms with Crippen LogP contribution in [0.4, 0.5) is 5.69 Å². The lowest BCUT2D eigenvalue weighted by molar-refractivity contribution is 0.0958. The van der Waals surface area contributed by atoms with Crippen molar-refractivity contribution >= 4 is 11.6 Å². The van der Waals surface area contributed by atoms with Crippen LogP contribution < -0.4 is 10.2 Å². The number of hydrogen-bond acceptors (Lipinski definition) is 2. The van der Waals surface area contributed by atoms with Gasteiger partial charge in [-0.3, -0.25) is 4.79 Å². The molecule has 1 N–H and O–H groups in total. The number of amides is 1. The fourth-order valence-corrected chi connectivity index (χ4v) is 1.32. The van der Waals surface area contributed by atoms with Gasteiger partial charge in [0.15, 0.2) is 0 Å². The third-order valence-corrected chi connectivity index (χ3v) is 2.45. The van der Waals surface area contributed by atoms with E-state index >= 15 is 0 Å². The van der Waals surface area contributed by atoms with Gasteiger partial charge in [0.2, 0.25) is 0 Å². The van der Waals surface area contributed by atoms with E-state index in [2.05, 4.69) is 23.7 Å². The Kier molecular flexibility index (Phi) is 4.58. The van der Waals surface area contributed by atoms with Gasteiger partial charge in [-0.1, -0.05) is 6.08 Å². The van der Waals surface area contributed by atoms with E-state index < -0.39 is 0 Å². The number of carbonyl (C=O) groups excluding carboxylic acids is 1. The fraction of sp³-hybridized carbons (Fsp3) is 0.308. The Bertz CT molecular complexity index is 357. The van der Waals surface area contributed by atoms with E-state index in [1.165, 1.54) is 0 Å². The molecule has 16 heavy (non-hydrogen) atoms. The van der Waals surface area contributed by atoms with Gasteiger partial charge in [0, 0.05) is 31.4 Å². The highest BCUT2D eigenvalue weighted by atomic mass is 16.1. The van der Waals surface area contributed by atoms with Crippen molar-refractivity contribution in [3.63, 3.8) is 0 Å². The third kappa shape index (κ3) is 3.12. The summed E-state index contributed by atoms with van der Waals surface area (Å²) < 4.78 is 0. The Hall–Kier alpha value is -1.77. The molecule has 0 atom stereocenters. The van der Waals surface area contributed by atoms with Crippen molar-refractivity contribution in [2.45, 2.75) is 6.92 Å². The number of carbonyl (C=O) groups is 1. The summed E-state index contributed by atoms with van der Waals surface area (Å²) in [7, 11) is 2.02. The van der Waals surface area contributed by atoms with E-state index in [1.54, 1.807) is 6.08 Å². The third-order valence-electron chi connectivity index (χ3n) is 2.45. The Morgan fingerprint density at radius 1 is 1.44 bits per heavy atom. The summed E-state index contributed by atoms with van der Waals surface area (Å²) in [4.78, 5) is 13.7. The number of nitrogens with zero attached hydrogens (tertiary/aromatic N) is 1. The van der Waals surface area contributed by atoms with Gasteiger partial charge in [-0.2, -0.15) is 0 Å². The van der Waals surface area contributed by atoms with Crippen LogP contribution in [0.5, 0.6) is 0 Å². The minimum absolute atomic E-state index is 0.0643. The molecule has 0 heterocycles. The summed E-state index contributed by atoms with van der Waals surface area (Å²) in [6, 6.07) is 7.57. The van der Waals surface area contributed by atoms with Crippen LogP contribution >= 0.6 is 0 Å². The van der Waals surface area contributed by atoms with Crippen molar-refractivity contribution in [1.82, 2.24) is 5.32 Å². The van der Waals surface area contributed by atoms with Crippen molar-refractivity contribution in [1.29, 1.82) is 0 Å². The molecule has 0 spiro atoms. The molecule has 0 aliphatic rings. The number of nitrogens with one attached hydrogen (secondary N) is 1. The predicted octanol–water partition coefficient (Wildman–Crippen LogP) is 2.06. The monoisotopic (exact) mass is 218 g/mol. The molecule has 3 heteroatoms. The maximum absolute atomic E-state index is 11.6. The normalized spacial score (nSPS) is 9.62. The highest BCUT2D eigenvalue weighted by molar-refractivity contribution is 5.94. The van der Waals surface area contributed by atoms with Crippen LogP contribution in [0.3, 0.4) is 0 Å². The zero-order chi connectivity index (χ0) is 12.0. The topological polar surface area (TPSA) is 32.3 Å². The van der Waals surface area contributed by atoms with E-state index in [4.69, 9.17) is 0 Å². The van der Waals surface area contributed by atoms with Crippen molar-refractivity contribution in [3.05, 3.63) is 42.5 Å². The molecule has 0 aliphatic carbocycles. The van der Waals surface area contributed by atoms with Gasteiger partial charge in [0.25, 0.3) is 5.91 Å². The Morgan fingerprint density at radius 3 is 2.56 bits per heavy atom. The van der Waals surface area contributed by atoms with Gasteiger partial charge >= 0.3 is 0 Å². The maximum atomic E-state index is 11.6. The molecule has 3 nitrogen and oxygen atoms in total. The minimum Gasteiger partial charge on any atom is -0.375 e. The van der Waals surface area contributed by atoms with Crippen LogP contribution in [-0.2, 0) is 0 Å². The lowest BCUT2D eigenvalue weighted by Gasteiger charge is -2.16. The minimum atomic E-state index is -0.0643. The van der Waals surface area contributed by atoms with Crippen LogP contribution in [0, 0.1) is 0 Å². The lowest BCUT2D eigenvalue weighted by Crippen LogP contribution is -2.23. The Balaban J connectivity index is 2.70. The standard InChI is InChI=1S/C13H18N2O/c1-4-10-14-13(16)11-6-8-12(9-7-11)15(3)5-2/h4,6-9H,1,5,10H2,2-3H3,(H,14,16). The molecule has 86 valence electrons. The highest BCUT2D eigenvalue weighted by Gasteiger charge is 2.04. The first-order valence-electron chi connectivity index (χ1n) is 5.39. The summed E-state index contributed by atoms with van der Waals surface area (Å²) in [6.45, 7) is 7.08. The zero-order valence-electron chi connectivity index (χ0n) is 9.86. The van der Waals surface area contributed by atoms with E-state index in [1.807, 2.05) is 31.3 Å². The fourth-order valence-electron chi connectivity index (χ4n) is 1.32. The number of benzene rings is 1. The molecule has 0 unspecified atom stereocenters. The SMILES string of the molecule is C=CCNC(=O)c1ccc(N(C)CC)cc1. The van der Waals surface area contributed by atoms with E-state index in [0.29, 0.717) is 12.1 Å². The van der Waals surface area contributed by atoms with Crippen LogP contribution in [0.15, 0.2) is 36.9 Å². The molecule has 1 aromatic carbocycles. The van der Waals surface area contributed by atoms with Gasteiger partial charge < -0.3 is 10.2 Å². The van der Waals surface area contributed by atoms with Crippen molar-refractivity contribution in [3.8, 4) is 0 Å². The Labute approximate surface area is 96.8 Å². The van der Waals surface area contributed by atoms with Gasteiger partial charge in [-0.25, -0.2) is 0 Å². The lowest BCUT2D eigenvalue weighted by atomic mass is 10.2. The smallest absolute Gasteiger partial charge is 0.251 e. The second-order valence-electron chi connectivity index (χ2n) is 3.56. The quantitative estimate of drug-likeness (QED) is 0.767. The Morgan fingerprint density at radius 2 is 2.06 bits per heavy atom. The maximum Gasteiger partial charge on any atom is 0.251 e. The summed E-state index contributed by atoms with van der Waals surface area (Å²) >= 11 is 0. The number of hydrogen-bond donors (Lipinski definition) is 1. The van der Waals surface area contributed by atoms with Gasteiger partial charge in [0.1, 0.15) is 0 Å². The van der Waals surface area contributed by atoms with Gasteiger partial charge in [-0.15, -0.1) is 6.58 Å². The largest absolute Gasteiger partial charge is 0.375 e. The summed E-state index contributed by atoms with van der Waals surface area (Å²) in [6.07, 6.45) is 1.66.